The molecule has 1 aromatic rings. The van der Waals surface area contributed by atoms with E-state index >= 15 is 0 Å². The van der Waals surface area contributed by atoms with Crippen molar-refractivity contribution in [1.82, 2.24) is 10.2 Å². The maximum absolute atomic E-state index is 14.5. The summed E-state index contributed by atoms with van der Waals surface area (Å²) in [4.78, 5) is 27.8. The number of fused-ring (bicyclic) bond motifs is 7. The van der Waals surface area contributed by atoms with Crippen molar-refractivity contribution in [2.24, 2.45) is 56.7 Å². The van der Waals surface area contributed by atoms with Crippen LogP contribution >= 0.6 is 0 Å². The van der Waals surface area contributed by atoms with E-state index in [1.54, 1.807) is 0 Å². The Morgan fingerprint density at radius 3 is 2.25 bits per heavy atom. The van der Waals surface area contributed by atoms with Crippen LogP contribution in [0.1, 0.15) is 130 Å². The van der Waals surface area contributed by atoms with Crippen LogP contribution in [0.25, 0.3) is 5.57 Å². The summed E-state index contributed by atoms with van der Waals surface area (Å²) in [6.45, 7) is 24.0. The molecule has 4 N–H and O–H groups in total. The predicted molar refractivity (Wildman–Crippen MR) is 203 cm³/mol. The van der Waals surface area contributed by atoms with Crippen molar-refractivity contribution < 1.29 is 24.9 Å². The highest BCUT2D eigenvalue weighted by molar-refractivity contribution is 5.84. The number of nitrogens with one attached hydrogen (secondary N) is 1. The minimum Gasteiger partial charge on any atom is -0.481 e. The van der Waals surface area contributed by atoms with Crippen LogP contribution in [0.4, 0.5) is 0 Å². The zero-order chi connectivity index (χ0) is 37.1. The molecule has 1 aromatic carbocycles. The van der Waals surface area contributed by atoms with Gasteiger partial charge in [0.2, 0.25) is 5.91 Å². The van der Waals surface area contributed by atoms with Gasteiger partial charge in [-0.15, -0.1) is 0 Å². The lowest BCUT2D eigenvalue weighted by atomic mass is 9.32. The van der Waals surface area contributed by atoms with Crippen molar-refractivity contribution in [3.05, 3.63) is 53.6 Å². The first kappa shape index (κ1) is 38.3. The number of rotatable bonds is 11. The second kappa shape index (κ2) is 13.7. The summed E-state index contributed by atoms with van der Waals surface area (Å²) in [5.74, 6) is 1.75. The minimum atomic E-state index is -1.45. The normalized spacial score (nSPS) is 38.3. The van der Waals surface area contributed by atoms with Crippen LogP contribution in [-0.4, -0.2) is 58.3 Å². The number of aliphatic hydroxyl groups excluding tert-OH is 1. The first-order valence-corrected chi connectivity index (χ1v) is 20.0. The summed E-state index contributed by atoms with van der Waals surface area (Å²) in [6.07, 6.45) is 11.0. The topological polar surface area (TPSA) is 110 Å². The van der Waals surface area contributed by atoms with Crippen LogP contribution in [0.15, 0.2) is 42.5 Å². The number of aliphatic hydroxyl groups is 2. The summed E-state index contributed by atoms with van der Waals surface area (Å²) < 4.78 is 0. The standard InChI is InChI=1S/C44H66N2O5/c1-9-46(26-19-36(47)48)27-25-45-39(51)44-22-16-31(28(2)3)37(44)33-14-15-35-41(6)20-17-32(29-10-12-30(13-11-29)38(49)50)40(4,5)34(41)18-21-43(35,8)42(33,7)23-24-44/h10-13,17,31,33-35,37-38,49-50H,2,9,14-16,18-27H2,1,3-8H3,(H,45,51)(H,47,48)/t31-,33+,34-,35+,37+,41-,42+,43+,44-/m0/s1. The van der Waals surface area contributed by atoms with Gasteiger partial charge in [-0.1, -0.05) is 84.0 Å². The minimum absolute atomic E-state index is 0.0112. The third-order valence-electron chi connectivity index (χ3n) is 16.4. The van der Waals surface area contributed by atoms with Crippen LogP contribution < -0.4 is 5.32 Å². The number of benzene rings is 1. The Labute approximate surface area is 307 Å². The summed E-state index contributed by atoms with van der Waals surface area (Å²) in [5, 5.41) is 31.9. The predicted octanol–water partition coefficient (Wildman–Crippen LogP) is 8.23. The van der Waals surface area contributed by atoms with E-state index in [9.17, 15) is 19.8 Å². The van der Waals surface area contributed by atoms with Gasteiger partial charge in [-0.2, -0.15) is 0 Å². The molecule has 0 saturated heterocycles. The van der Waals surface area contributed by atoms with Gasteiger partial charge in [0.05, 0.1) is 11.8 Å². The number of aliphatic carboxylic acids is 1. The van der Waals surface area contributed by atoms with Gasteiger partial charge in [-0.05, 0) is 134 Å². The van der Waals surface area contributed by atoms with Gasteiger partial charge in [0.1, 0.15) is 0 Å². The van der Waals surface area contributed by atoms with Crippen molar-refractivity contribution in [3.8, 4) is 0 Å². The van der Waals surface area contributed by atoms with Crippen LogP contribution in [0.3, 0.4) is 0 Å². The second-order valence-corrected chi connectivity index (χ2v) is 18.7. The average molecular weight is 703 g/mol. The fraction of sp³-hybridized carbons (Fsp3) is 0.727. The zero-order valence-electron chi connectivity index (χ0n) is 32.6. The summed E-state index contributed by atoms with van der Waals surface area (Å²) in [7, 11) is 0. The van der Waals surface area contributed by atoms with Crippen LogP contribution in [0.5, 0.6) is 0 Å². The molecule has 9 atom stereocenters. The van der Waals surface area contributed by atoms with Crippen molar-refractivity contribution in [1.29, 1.82) is 0 Å². The van der Waals surface area contributed by atoms with Crippen LogP contribution in [-0.2, 0) is 9.59 Å². The Morgan fingerprint density at radius 2 is 1.63 bits per heavy atom. The molecule has 6 rings (SSSR count). The monoisotopic (exact) mass is 702 g/mol. The largest absolute Gasteiger partial charge is 0.481 e. The molecule has 0 bridgehead atoms. The Kier molecular flexibility index (Phi) is 10.3. The molecule has 0 aromatic heterocycles. The Bertz CT molecular complexity index is 1530. The lowest BCUT2D eigenvalue weighted by Gasteiger charge is -2.72. The summed E-state index contributed by atoms with van der Waals surface area (Å²) in [6, 6.07) is 7.82. The Hall–Kier alpha value is -2.48. The molecule has 5 aliphatic rings. The number of carboxylic acids is 1. The molecule has 5 aliphatic carbocycles. The molecule has 0 unspecified atom stereocenters. The van der Waals surface area contributed by atoms with Gasteiger partial charge in [0, 0.05) is 25.2 Å². The van der Waals surface area contributed by atoms with Crippen molar-refractivity contribution >= 4 is 17.4 Å². The molecular formula is C44H66N2O5. The number of carbonyl (C=O) groups excluding carboxylic acids is 1. The molecule has 7 heteroatoms. The van der Waals surface area contributed by atoms with Gasteiger partial charge in [0.25, 0.3) is 0 Å². The first-order chi connectivity index (χ1) is 24.0. The molecule has 0 heterocycles. The fourth-order valence-corrected chi connectivity index (χ4v) is 13.7. The number of amides is 1. The maximum Gasteiger partial charge on any atom is 0.304 e. The number of carbonyl (C=O) groups is 2. The van der Waals surface area contributed by atoms with E-state index < -0.39 is 12.3 Å². The van der Waals surface area contributed by atoms with Gasteiger partial charge in [-0.25, -0.2) is 0 Å². The molecule has 4 saturated carbocycles. The highest BCUT2D eigenvalue weighted by Gasteiger charge is 2.71. The summed E-state index contributed by atoms with van der Waals surface area (Å²) >= 11 is 0. The lowest BCUT2D eigenvalue weighted by Crippen LogP contribution is -2.66. The molecule has 4 fully saturated rings. The number of hydrogen-bond donors (Lipinski definition) is 4. The molecular weight excluding hydrogens is 636 g/mol. The van der Waals surface area contributed by atoms with Gasteiger partial charge in [0.15, 0.2) is 6.29 Å². The Balaban J connectivity index is 1.26. The van der Waals surface area contributed by atoms with Crippen molar-refractivity contribution in [2.45, 2.75) is 119 Å². The highest BCUT2D eigenvalue weighted by atomic mass is 16.5. The van der Waals surface area contributed by atoms with Gasteiger partial charge in [-0.3, -0.25) is 9.59 Å². The quantitative estimate of drug-likeness (QED) is 0.137. The van der Waals surface area contributed by atoms with E-state index in [4.69, 9.17) is 5.11 Å². The SMILES string of the molecule is C=C(C)[C@@H]1CC[C@]2(C(=O)NCCN(CC)CCC(=O)O)CC[C@]3(C)[C@H](CC[C@@H]4[C@@]5(C)CC=C(c6ccc(C(O)O)cc6)C(C)(C)[C@@H]5CC[C@]43C)[C@@H]12. The van der Waals surface area contributed by atoms with Crippen LogP contribution in [0, 0.1) is 56.7 Å². The molecule has 51 heavy (non-hydrogen) atoms. The second-order valence-electron chi connectivity index (χ2n) is 18.7. The molecule has 282 valence electrons. The number of hydrogen-bond acceptors (Lipinski definition) is 5. The molecule has 1 amide bonds. The van der Waals surface area contributed by atoms with Crippen LogP contribution in [0.2, 0.25) is 0 Å². The lowest BCUT2D eigenvalue weighted by molar-refractivity contribution is -0.225. The Morgan fingerprint density at radius 1 is 0.922 bits per heavy atom. The third-order valence-corrected chi connectivity index (χ3v) is 16.4. The van der Waals surface area contributed by atoms with Crippen molar-refractivity contribution in [2.75, 3.05) is 26.2 Å². The molecule has 0 radical (unpaired) electrons. The van der Waals surface area contributed by atoms with E-state index in [2.05, 4.69) is 76.5 Å². The molecule has 0 aliphatic heterocycles. The van der Waals surface area contributed by atoms with Gasteiger partial charge >= 0.3 is 5.97 Å². The smallest absolute Gasteiger partial charge is 0.304 e. The van der Waals surface area contributed by atoms with E-state index in [1.165, 1.54) is 42.4 Å². The fourth-order valence-electron chi connectivity index (χ4n) is 13.7. The van der Waals surface area contributed by atoms with Crippen molar-refractivity contribution in [3.63, 3.8) is 0 Å². The van der Waals surface area contributed by atoms with Gasteiger partial charge < -0.3 is 25.5 Å². The first-order valence-electron chi connectivity index (χ1n) is 20.0. The van der Waals surface area contributed by atoms with E-state index in [-0.39, 0.29) is 39.4 Å². The van der Waals surface area contributed by atoms with E-state index in [0.717, 1.165) is 38.6 Å². The zero-order valence-corrected chi connectivity index (χ0v) is 32.6. The number of nitrogens with zero attached hydrogens (tertiary/aromatic N) is 1. The van der Waals surface area contributed by atoms with E-state index in [0.29, 0.717) is 54.8 Å². The number of allylic oxidation sites excluding steroid dienone is 3. The number of carboxylic acid groups (broad SMARTS) is 1. The third kappa shape index (κ3) is 6.06. The molecule has 7 nitrogen and oxygen atoms in total. The maximum atomic E-state index is 14.5. The summed E-state index contributed by atoms with van der Waals surface area (Å²) in [5.41, 5.74) is 4.46. The highest BCUT2D eigenvalue weighted by Crippen LogP contribution is 2.77. The molecule has 0 spiro atoms. The number of likely N-dealkylation sites (N-methyl/N-ethyl adjacent to an activating group) is 1. The average Bonchev–Trinajstić information content (AvgIpc) is 3.48. The van der Waals surface area contributed by atoms with E-state index in [1.807, 2.05) is 19.1 Å².